The van der Waals surface area contributed by atoms with Crippen LogP contribution >= 0.6 is 11.8 Å². The number of nitrogens with zero attached hydrogens (tertiary/aromatic N) is 3. The molecule has 0 aliphatic carbocycles. The number of nitriles is 1. The Labute approximate surface area is 154 Å². The fraction of sp³-hybridized carbons (Fsp3) is 0.412. The summed E-state index contributed by atoms with van der Waals surface area (Å²) in [5.74, 6) is 1.42. The quantitative estimate of drug-likeness (QED) is 0.768. The van der Waals surface area contributed by atoms with E-state index in [4.69, 9.17) is 13.9 Å². The summed E-state index contributed by atoms with van der Waals surface area (Å²) in [5.41, 5.74) is -0.209. The zero-order valence-corrected chi connectivity index (χ0v) is 15.4. The number of rotatable bonds is 6. The zero-order chi connectivity index (χ0) is 18.7. The van der Waals surface area contributed by atoms with Crippen molar-refractivity contribution in [2.24, 2.45) is 5.92 Å². The number of aromatic nitrogens is 2. The normalized spacial score (nSPS) is 14.7. The first-order valence-electron chi connectivity index (χ1n) is 8.00. The van der Waals surface area contributed by atoms with Gasteiger partial charge in [0.2, 0.25) is 18.6 Å². The van der Waals surface area contributed by atoms with Crippen LogP contribution in [0, 0.1) is 17.2 Å². The second-order valence-corrected chi connectivity index (χ2v) is 7.17. The van der Waals surface area contributed by atoms with Gasteiger partial charge in [0.05, 0.1) is 11.8 Å². The molecule has 2 aromatic rings. The summed E-state index contributed by atoms with van der Waals surface area (Å²) in [5, 5.41) is 20.2. The van der Waals surface area contributed by atoms with Gasteiger partial charge in [-0.05, 0) is 31.0 Å². The summed E-state index contributed by atoms with van der Waals surface area (Å²) in [7, 11) is 0. The Kier molecular flexibility index (Phi) is 5.04. The molecule has 8 nitrogen and oxygen atoms in total. The van der Waals surface area contributed by atoms with Gasteiger partial charge in [-0.15, -0.1) is 10.2 Å². The van der Waals surface area contributed by atoms with E-state index in [0.29, 0.717) is 23.0 Å². The predicted molar refractivity (Wildman–Crippen MR) is 93.6 cm³/mol. The Morgan fingerprint density at radius 1 is 1.38 bits per heavy atom. The third kappa shape index (κ3) is 3.75. The average molecular weight is 374 g/mol. The standard InChI is InChI=1S/C17H18N4O4S/c1-10(2)17(3,8-18)19-14(22)7-26-16-21-20-15(25-16)11-4-5-12-13(6-11)24-9-23-12/h4-6,10H,7,9H2,1-3H3,(H,19,22)/t17-/m0/s1. The van der Waals surface area contributed by atoms with Gasteiger partial charge in [0.25, 0.3) is 5.22 Å². The number of carbonyl (C=O) groups excluding carboxylic acids is 1. The van der Waals surface area contributed by atoms with E-state index in [9.17, 15) is 10.1 Å². The SMILES string of the molecule is CC(C)[C@](C)(C#N)NC(=O)CSc1nnc(-c2ccc3c(c2)OCO3)o1. The van der Waals surface area contributed by atoms with Crippen LogP contribution in [-0.2, 0) is 4.79 Å². The molecule has 1 amide bonds. The number of ether oxygens (including phenoxy) is 2. The molecule has 1 aliphatic heterocycles. The summed E-state index contributed by atoms with van der Waals surface area (Å²) in [6.45, 7) is 5.65. The number of thioether (sulfide) groups is 1. The molecule has 0 spiro atoms. The second-order valence-electron chi connectivity index (χ2n) is 6.25. The van der Waals surface area contributed by atoms with Crippen LogP contribution in [-0.4, -0.2) is 34.2 Å². The lowest BCUT2D eigenvalue weighted by atomic mass is 9.90. The number of amides is 1. The lowest BCUT2D eigenvalue weighted by molar-refractivity contribution is -0.120. The van der Waals surface area contributed by atoms with Crippen LogP contribution in [0.4, 0.5) is 0 Å². The lowest BCUT2D eigenvalue weighted by Gasteiger charge is -2.27. The van der Waals surface area contributed by atoms with Crippen LogP contribution in [0.25, 0.3) is 11.5 Å². The van der Waals surface area contributed by atoms with Crippen LogP contribution in [0.1, 0.15) is 20.8 Å². The second kappa shape index (κ2) is 7.25. The Hall–Kier alpha value is -2.73. The lowest BCUT2D eigenvalue weighted by Crippen LogP contribution is -2.49. The minimum Gasteiger partial charge on any atom is -0.454 e. The molecule has 0 bridgehead atoms. The van der Waals surface area contributed by atoms with E-state index in [0.717, 1.165) is 11.8 Å². The van der Waals surface area contributed by atoms with Gasteiger partial charge in [0.1, 0.15) is 5.54 Å². The first kappa shape index (κ1) is 18.1. The fourth-order valence-electron chi connectivity index (χ4n) is 2.17. The molecule has 3 rings (SSSR count). The number of fused-ring (bicyclic) bond motifs is 1. The highest BCUT2D eigenvalue weighted by Gasteiger charge is 2.30. The Morgan fingerprint density at radius 2 is 2.15 bits per heavy atom. The van der Waals surface area contributed by atoms with Crippen LogP contribution < -0.4 is 14.8 Å². The summed E-state index contributed by atoms with van der Waals surface area (Å²) in [4.78, 5) is 12.1. The fourth-order valence-corrected chi connectivity index (χ4v) is 2.73. The van der Waals surface area contributed by atoms with E-state index >= 15 is 0 Å². The maximum atomic E-state index is 12.1. The maximum absolute atomic E-state index is 12.1. The minimum atomic E-state index is -0.913. The molecule has 1 aromatic heterocycles. The van der Waals surface area contributed by atoms with Crippen molar-refractivity contribution >= 4 is 17.7 Å². The summed E-state index contributed by atoms with van der Waals surface area (Å²) >= 11 is 1.11. The van der Waals surface area contributed by atoms with Gasteiger partial charge in [0, 0.05) is 5.56 Å². The Bertz CT molecular complexity index is 861. The molecule has 1 N–H and O–H groups in total. The van der Waals surface area contributed by atoms with Gasteiger partial charge in [-0.2, -0.15) is 5.26 Å². The highest BCUT2D eigenvalue weighted by molar-refractivity contribution is 7.99. The van der Waals surface area contributed by atoms with Crippen molar-refractivity contribution < 1.29 is 18.7 Å². The van der Waals surface area contributed by atoms with E-state index in [2.05, 4.69) is 21.6 Å². The highest BCUT2D eigenvalue weighted by Crippen LogP contribution is 2.36. The molecule has 0 fully saturated rings. The topological polar surface area (TPSA) is 110 Å². The first-order chi connectivity index (χ1) is 12.4. The molecular formula is C17H18N4O4S. The van der Waals surface area contributed by atoms with Gasteiger partial charge >= 0.3 is 0 Å². The van der Waals surface area contributed by atoms with Gasteiger partial charge in [0.15, 0.2) is 11.5 Å². The molecule has 9 heteroatoms. The van der Waals surface area contributed by atoms with Gasteiger partial charge < -0.3 is 19.2 Å². The van der Waals surface area contributed by atoms with E-state index in [-0.39, 0.29) is 29.6 Å². The van der Waals surface area contributed by atoms with Crippen molar-refractivity contribution in [3.8, 4) is 29.0 Å². The van der Waals surface area contributed by atoms with E-state index in [1.165, 1.54) is 0 Å². The molecule has 0 saturated carbocycles. The van der Waals surface area contributed by atoms with Gasteiger partial charge in [-0.3, -0.25) is 4.79 Å². The van der Waals surface area contributed by atoms with Crippen molar-refractivity contribution in [2.75, 3.05) is 12.5 Å². The minimum absolute atomic E-state index is 0.0116. The van der Waals surface area contributed by atoms with Crippen LogP contribution in [0.2, 0.25) is 0 Å². The number of nitrogens with one attached hydrogen (secondary N) is 1. The van der Waals surface area contributed by atoms with Gasteiger partial charge in [-0.1, -0.05) is 25.6 Å². The molecule has 26 heavy (non-hydrogen) atoms. The molecule has 1 aliphatic rings. The van der Waals surface area contributed by atoms with E-state index < -0.39 is 5.54 Å². The number of hydrogen-bond acceptors (Lipinski definition) is 8. The zero-order valence-electron chi connectivity index (χ0n) is 14.6. The smallest absolute Gasteiger partial charge is 0.277 e. The maximum Gasteiger partial charge on any atom is 0.277 e. The highest BCUT2D eigenvalue weighted by atomic mass is 32.2. The van der Waals surface area contributed by atoms with E-state index in [1.807, 2.05) is 13.8 Å². The van der Waals surface area contributed by atoms with Crippen LogP contribution in [0.3, 0.4) is 0 Å². The third-order valence-corrected chi connectivity index (χ3v) is 4.96. The molecule has 2 heterocycles. The molecular weight excluding hydrogens is 356 g/mol. The van der Waals surface area contributed by atoms with Crippen molar-refractivity contribution in [3.63, 3.8) is 0 Å². The first-order valence-corrected chi connectivity index (χ1v) is 8.98. The number of hydrogen-bond donors (Lipinski definition) is 1. The van der Waals surface area contributed by atoms with Gasteiger partial charge in [-0.25, -0.2) is 0 Å². The Morgan fingerprint density at radius 3 is 2.88 bits per heavy atom. The predicted octanol–water partition coefficient (Wildman–Crippen LogP) is 2.61. The monoisotopic (exact) mass is 374 g/mol. The van der Waals surface area contributed by atoms with Crippen molar-refractivity contribution in [1.82, 2.24) is 15.5 Å². The molecule has 136 valence electrons. The summed E-state index contributed by atoms with van der Waals surface area (Å²) in [6, 6.07) is 7.47. The van der Waals surface area contributed by atoms with Crippen LogP contribution in [0.15, 0.2) is 27.8 Å². The Balaban J connectivity index is 1.61. The largest absolute Gasteiger partial charge is 0.454 e. The number of carbonyl (C=O) groups is 1. The number of benzene rings is 1. The van der Waals surface area contributed by atoms with Crippen molar-refractivity contribution in [3.05, 3.63) is 18.2 Å². The molecule has 1 aromatic carbocycles. The van der Waals surface area contributed by atoms with E-state index in [1.54, 1.807) is 25.1 Å². The molecule has 0 radical (unpaired) electrons. The van der Waals surface area contributed by atoms with Crippen LogP contribution in [0.5, 0.6) is 11.5 Å². The van der Waals surface area contributed by atoms with Crippen molar-refractivity contribution in [1.29, 1.82) is 5.26 Å². The molecule has 0 saturated heterocycles. The third-order valence-electron chi connectivity index (χ3n) is 4.14. The summed E-state index contributed by atoms with van der Waals surface area (Å²) < 4.78 is 16.2. The molecule has 1 atom stereocenters. The molecule has 0 unspecified atom stereocenters. The summed E-state index contributed by atoms with van der Waals surface area (Å²) in [6.07, 6.45) is 0. The average Bonchev–Trinajstić information content (AvgIpc) is 3.28. The van der Waals surface area contributed by atoms with Crippen molar-refractivity contribution in [2.45, 2.75) is 31.5 Å².